The van der Waals surface area contributed by atoms with Gasteiger partial charge < -0.3 is 9.82 Å². The Morgan fingerprint density at radius 3 is 3.31 bits per heavy atom. The smallest absolute Gasteiger partial charge is 0.106 e. The second-order valence-corrected chi connectivity index (χ2v) is 2.60. The molecule has 2 aromatic rings. The van der Waals surface area contributed by atoms with Gasteiger partial charge in [0, 0.05) is 11.6 Å². The van der Waals surface area contributed by atoms with Crippen LogP contribution in [0.15, 0.2) is 29.7 Å². The molecule has 2 heterocycles. The molecule has 0 aliphatic heterocycles. The van der Waals surface area contributed by atoms with Crippen LogP contribution in [0.25, 0.3) is 10.9 Å². The Morgan fingerprint density at radius 2 is 2.54 bits per heavy atom. The van der Waals surface area contributed by atoms with Gasteiger partial charge in [-0.25, -0.2) is 0 Å². The van der Waals surface area contributed by atoms with Crippen LogP contribution < -0.4 is 0 Å². The molecular weight excluding hydrogens is 166 g/mol. The topological polar surface area (TPSA) is 50.3 Å². The van der Waals surface area contributed by atoms with Crippen LogP contribution in [0.3, 0.4) is 0 Å². The van der Waals surface area contributed by atoms with Crippen LogP contribution in [-0.2, 0) is 4.84 Å². The van der Waals surface area contributed by atoms with Gasteiger partial charge in [0.2, 0.25) is 0 Å². The number of aromatic amines is 1. The first kappa shape index (κ1) is 7.79. The van der Waals surface area contributed by atoms with E-state index < -0.39 is 0 Å². The molecule has 4 nitrogen and oxygen atoms in total. The second kappa shape index (κ2) is 3.26. The van der Waals surface area contributed by atoms with E-state index in [1.54, 1.807) is 18.6 Å². The highest BCUT2D eigenvalue weighted by molar-refractivity contribution is 5.88. The molecule has 66 valence electrons. The number of hydrogen-bond donors (Lipinski definition) is 1. The van der Waals surface area contributed by atoms with Crippen LogP contribution in [0.1, 0.15) is 5.69 Å². The van der Waals surface area contributed by atoms with Crippen molar-refractivity contribution in [2.45, 2.75) is 0 Å². The lowest BCUT2D eigenvalue weighted by atomic mass is 10.3. The van der Waals surface area contributed by atoms with Gasteiger partial charge in [-0.2, -0.15) is 0 Å². The van der Waals surface area contributed by atoms with E-state index in [4.69, 9.17) is 0 Å². The van der Waals surface area contributed by atoms with Crippen LogP contribution in [0.4, 0.5) is 0 Å². The van der Waals surface area contributed by atoms with Crippen LogP contribution in [0.5, 0.6) is 0 Å². The van der Waals surface area contributed by atoms with Crippen molar-refractivity contribution in [1.82, 2.24) is 9.97 Å². The van der Waals surface area contributed by atoms with Gasteiger partial charge >= 0.3 is 0 Å². The lowest BCUT2D eigenvalue weighted by Crippen LogP contribution is -1.79. The molecule has 0 unspecified atom stereocenters. The highest BCUT2D eigenvalue weighted by Crippen LogP contribution is 2.11. The van der Waals surface area contributed by atoms with Crippen molar-refractivity contribution in [3.05, 3.63) is 30.2 Å². The van der Waals surface area contributed by atoms with Crippen LogP contribution in [0.2, 0.25) is 0 Å². The quantitative estimate of drug-likeness (QED) is 0.556. The molecule has 0 amide bonds. The highest BCUT2D eigenvalue weighted by Gasteiger charge is 1.96. The van der Waals surface area contributed by atoms with Gasteiger partial charge in [-0.15, -0.1) is 0 Å². The first-order valence-electron chi connectivity index (χ1n) is 3.89. The number of pyridine rings is 1. The van der Waals surface area contributed by atoms with Crippen molar-refractivity contribution in [3.8, 4) is 0 Å². The lowest BCUT2D eigenvalue weighted by molar-refractivity contribution is 0.215. The van der Waals surface area contributed by atoms with Gasteiger partial charge in [0.05, 0.1) is 23.6 Å². The number of aromatic nitrogens is 2. The minimum absolute atomic E-state index is 0.907. The van der Waals surface area contributed by atoms with Gasteiger partial charge in [0.15, 0.2) is 0 Å². The molecule has 0 fully saturated rings. The first-order valence-corrected chi connectivity index (χ1v) is 3.89. The molecule has 2 rings (SSSR count). The van der Waals surface area contributed by atoms with Gasteiger partial charge in [-0.05, 0) is 12.1 Å². The Bertz CT molecular complexity index is 400. The number of nitrogens with one attached hydrogen (secondary N) is 1. The summed E-state index contributed by atoms with van der Waals surface area (Å²) in [4.78, 5) is 11.7. The fourth-order valence-electron chi connectivity index (χ4n) is 1.17. The molecule has 4 heteroatoms. The normalized spacial score (nSPS) is 11.2. The number of oxime groups is 1. The summed E-state index contributed by atoms with van der Waals surface area (Å²) in [6, 6.07) is 3.93. The summed E-state index contributed by atoms with van der Waals surface area (Å²) in [6.07, 6.45) is 5.16. The predicted molar refractivity (Wildman–Crippen MR) is 50.7 cm³/mol. The minimum atomic E-state index is 0.907. The molecule has 0 aliphatic carbocycles. The van der Waals surface area contributed by atoms with Crippen molar-refractivity contribution in [1.29, 1.82) is 0 Å². The molecule has 13 heavy (non-hydrogen) atoms. The summed E-state index contributed by atoms with van der Waals surface area (Å²) in [7, 11) is 1.51. The molecule has 0 bridgehead atoms. The van der Waals surface area contributed by atoms with Gasteiger partial charge in [-0.3, -0.25) is 4.98 Å². The van der Waals surface area contributed by atoms with E-state index in [0.717, 1.165) is 16.6 Å². The van der Waals surface area contributed by atoms with Crippen molar-refractivity contribution < 1.29 is 4.84 Å². The second-order valence-electron chi connectivity index (χ2n) is 2.60. The Balaban J connectivity index is 2.44. The van der Waals surface area contributed by atoms with Crippen molar-refractivity contribution >= 4 is 17.1 Å². The summed E-state index contributed by atoms with van der Waals surface area (Å²) >= 11 is 0. The SMILES string of the molecule is CON=Cc1cc2ccncc2[nH]1. The van der Waals surface area contributed by atoms with E-state index in [1.807, 2.05) is 12.1 Å². The Hall–Kier alpha value is -1.84. The average Bonchev–Trinajstić information content (AvgIpc) is 2.57. The lowest BCUT2D eigenvalue weighted by Gasteiger charge is -1.84. The van der Waals surface area contributed by atoms with E-state index in [1.165, 1.54) is 7.11 Å². The monoisotopic (exact) mass is 175 g/mol. The van der Waals surface area contributed by atoms with Crippen molar-refractivity contribution in [2.24, 2.45) is 5.16 Å². The summed E-state index contributed by atoms with van der Waals surface area (Å²) in [5.74, 6) is 0. The van der Waals surface area contributed by atoms with E-state index in [9.17, 15) is 0 Å². The molecule has 0 saturated heterocycles. The molecule has 0 saturated carbocycles. The minimum Gasteiger partial charge on any atom is -0.399 e. The molecule has 0 atom stereocenters. The predicted octanol–water partition coefficient (Wildman–Crippen LogP) is 1.54. The third-order valence-corrected chi connectivity index (χ3v) is 1.74. The molecule has 2 aromatic heterocycles. The van der Waals surface area contributed by atoms with Crippen LogP contribution in [-0.4, -0.2) is 23.3 Å². The van der Waals surface area contributed by atoms with Gasteiger partial charge in [0.1, 0.15) is 7.11 Å². The zero-order chi connectivity index (χ0) is 9.10. The highest BCUT2D eigenvalue weighted by atomic mass is 16.6. The van der Waals surface area contributed by atoms with Crippen molar-refractivity contribution in [3.63, 3.8) is 0 Å². The Morgan fingerprint density at radius 1 is 1.62 bits per heavy atom. The number of fused-ring (bicyclic) bond motifs is 1. The third kappa shape index (κ3) is 1.51. The standard InChI is InChI=1S/C9H9N3O/c1-13-11-5-8-4-7-2-3-10-6-9(7)12-8/h2-6,12H,1H3. The summed E-state index contributed by atoms with van der Waals surface area (Å²) < 4.78 is 0. The molecule has 0 aromatic carbocycles. The van der Waals surface area contributed by atoms with Gasteiger partial charge in [-0.1, -0.05) is 5.16 Å². The fraction of sp³-hybridized carbons (Fsp3) is 0.111. The first-order chi connectivity index (χ1) is 6.40. The maximum atomic E-state index is 4.58. The van der Waals surface area contributed by atoms with E-state index in [2.05, 4.69) is 20.0 Å². The molecule has 0 aliphatic rings. The molecule has 1 N–H and O–H groups in total. The zero-order valence-electron chi connectivity index (χ0n) is 7.19. The molecule has 0 radical (unpaired) electrons. The van der Waals surface area contributed by atoms with E-state index in [-0.39, 0.29) is 0 Å². The largest absolute Gasteiger partial charge is 0.399 e. The van der Waals surface area contributed by atoms with Crippen LogP contribution in [0, 0.1) is 0 Å². The maximum Gasteiger partial charge on any atom is 0.106 e. The summed E-state index contributed by atoms with van der Waals surface area (Å²) in [5.41, 5.74) is 1.91. The maximum absolute atomic E-state index is 4.58. The van der Waals surface area contributed by atoms with E-state index in [0.29, 0.717) is 0 Å². The Kier molecular flexibility index (Phi) is 1.96. The molecular formula is C9H9N3O. The van der Waals surface area contributed by atoms with Gasteiger partial charge in [0.25, 0.3) is 0 Å². The Labute approximate surface area is 75.2 Å². The molecule has 0 spiro atoms. The average molecular weight is 175 g/mol. The van der Waals surface area contributed by atoms with Crippen LogP contribution >= 0.6 is 0 Å². The third-order valence-electron chi connectivity index (χ3n) is 1.74. The number of H-pyrrole nitrogens is 1. The summed E-state index contributed by atoms with van der Waals surface area (Å²) in [6.45, 7) is 0. The van der Waals surface area contributed by atoms with Crippen molar-refractivity contribution in [2.75, 3.05) is 7.11 Å². The summed E-state index contributed by atoms with van der Waals surface area (Å²) in [5, 5.41) is 4.78. The number of hydrogen-bond acceptors (Lipinski definition) is 3. The van der Waals surface area contributed by atoms with E-state index >= 15 is 0 Å². The fourth-order valence-corrected chi connectivity index (χ4v) is 1.17. The number of nitrogens with zero attached hydrogens (tertiary/aromatic N) is 2. The zero-order valence-corrected chi connectivity index (χ0v) is 7.19. The number of rotatable bonds is 2.